The third-order valence-electron chi connectivity index (χ3n) is 4.84. The highest BCUT2D eigenvalue weighted by atomic mass is 16.5. The Bertz CT molecular complexity index is 453. The van der Waals surface area contributed by atoms with Gasteiger partial charge in [0.2, 0.25) is 0 Å². The number of hydrogen-bond acceptors (Lipinski definition) is 3. The minimum atomic E-state index is -0.104. The molecule has 21 heavy (non-hydrogen) atoms. The number of methoxy groups -OCH3 is 1. The van der Waals surface area contributed by atoms with E-state index < -0.39 is 0 Å². The molecule has 3 nitrogen and oxygen atoms in total. The summed E-state index contributed by atoms with van der Waals surface area (Å²) in [7, 11) is 1.84. The highest BCUT2D eigenvalue weighted by Gasteiger charge is 2.40. The van der Waals surface area contributed by atoms with E-state index in [1.807, 2.05) is 7.11 Å². The van der Waals surface area contributed by atoms with E-state index in [2.05, 4.69) is 44.3 Å². The number of benzene rings is 1. The van der Waals surface area contributed by atoms with Crippen molar-refractivity contribution < 1.29 is 9.47 Å². The molecule has 0 radical (unpaired) electrons. The summed E-state index contributed by atoms with van der Waals surface area (Å²) >= 11 is 0. The normalized spacial score (nSPS) is 19.4. The van der Waals surface area contributed by atoms with Crippen LogP contribution in [0.2, 0.25) is 0 Å². The molecule has 0 amide bonds. The van der Waals surface area contributed by atoms with Crippen molar-refractivity contribution in [1.29, 1.82) is 0 Å². The summed E-state index contributed by atoms with van der Waals surface area (Å²) in [6.07, 6.45) is 2.93. The molecule has 118 valence electrons. The Kier molecular flexibility index (Phi) is 5.80. The first-order valence-electron chi connectivity index (χ1n) is 8.03. The van der Waals surface area contributed by atoms with Crippen LogP contribution in [0, 0.1) is 13.8 Å². The van der Waals surface area contributed by atoms with Crippen molar-refractivity contribution >= 4 is 0 Å². The molecule has 1 unspecified atom stereocenters. The molecule has 1 heterocycles. The molecule has 3 heteroatoms. The zero-order chi connectivity index (χ0) is 15.3. The van der Waals surface area contributed by atoms with Gasteiger partial charge < -0.3 is 14.8 Å². The highest BCUT2D eigenvalue weighted by Crippen LogP contribution is 2.30. The van der Waals surface area contributed by atoms with Gasteiger partial charge in [0.25, 0.3) is 0 Å². The van der Waals surface area contributed by atoms with Crippen LogP contribution in [-0.4, -0.2) is 38.5 Å². The number of ether oxygens (including phenoxy) is 2. The van der Waals surface area contributed by atoms with E-state index in [9.17, 15) is 0 Å². The Morgan fingerprint density at radius 1 is 1.24 bits per heavy atom. The van der Waals surface area contributed by atoms with E-state index in [4.69, 9.17) is 9.47 Å². The van der Waals surface area contributed by atoms with Gasteiger partial charge in [0.1, 0.15) is 0 Å². The van der Waals surface area contributed by atoms with Gasteiger partial charge in [-0.05, 0) is 43.5 Å². The maximum Gasteiger partial charge on any atom is 0.0877 e. The van der Waals surface area contributed by atoms with Crippen LogP contribution < -0.4 is 5.32 Å². The molecule has 0 saturated carbocycles. The van der Waals surface area contributed by atoms with Crippen LogP contribution in [0.4, 0.5) is 0 Å². The van der Waals surface area contributed by atoms with Gasteiger partial charge in [0, 0.05) is 39.2 Å². The summed E-state index contributed by atoms with van der Waals surface area (Å²) in [6, 6.07) is 7.10. The van der Waals surface area contributed by atoms with Crippen molar-refractivity contribution in [2.45, 2.75) is 51.7 Å². The van der Waals surface area contributed by atoms with Crippen LogP contribution in [0.25, 0.3) is 0 Å². The van der Waals surface area contributed by atoms with E-state index in [1.54, 1.807) is 0 Å². The number of likely N-dealkylation sites (N-methyl/N-ethyl adjacent to an activating group) is 1. The maximum absolute atomic E-state index is 5.98. The number of rotatable bonds is 6. The molecule has 1 N–H and O–H groups in total. The number of aryl methyl sites for hydroxylation is 2. The van der Waals surface area contributed by atoms with E-state index in [-0.39, 0.29) is 5.60 Å². The third kappa shape index (κ3) is 3.85. The second-order valence-corrected chi connectivity index (χ2v) is 6.11. The number of nitrogens with one attached hydrogen (secondary N) is 1. The van der Waals surface area contributed by atoms with Crippen LogP contribution in [0.15, 0.2) is 18.2 Å². The fourth-order valence-corrected chi connectivity index (χ4v) is 3.27. The molecule has 1 aromatic carbocycles. The number of hydrogen-bond donors (Lipinski definition) is 1. The lowest BCUT2D eigenvalue weighted by Gasteiger charge is -2.43. The molecule has 1 aliphatic rings. The zero-order valence-electron chi connectivity index (χ0n) is 13.9. The Hall–Kier alpha value is -0.900. The molecule has 1 saturated heterocycles. The molecular weight excluding hydrogens is 262 g/mol. The molecule has 1 aromatic rings. The van der Waals surface area contributed by atoms with E-state index in [0.29, 0.717) is 6.04 Å². The first-order valence-corrected chi connectivity index (χ1v) is 8.03. The summed E-state index contributed by atoms with van der Waals surface area (Å²) in [4.78, 5) is 0. The summed E-state index contributed by atoms with van der Waals surface area (Å²) in [6.45, 7) is 9.06. The van der Waals surface area contributed by atoms with E-state index >= 15 is 0 Å². The molecule has 2 rings (SSSR count). The summed E-state index contributed by atoms with van der Waals surface area (Å²) < 4.78 is 11.5. The van der Waals surface area contributed by atoms with Crippen LogP contribution in [-0.2, 0) is 15.9 Å². The third-order valence-corrected chi connectivity index (χ3v) is 4.84. The predicted molar refractivity (Wildman–Crippen MR) is 86.9 cm³/mol. The van der Waals surface area contributed by atoms with Crippen molar-refractivity contribution in [2.24, 2.45) is 0 Å². The van der Waals surface area contributed by atoms with Crippen molar-refractivity contribution in [3.05, 3.63) is 34.9 Å². The minimum Gasteiger partial charge on any atom is -0.381 e. The van der Waals surface area contributed by atoms with Crippen molar-refractivity contribution in [3.63, 3.8) is 0 Å². The van der Waals surface area contributed by atoms with Crippen LogP contribution in [0.3, 0.4) is 0 Å². The molecule has 0 spiro atoms. The van der Waals surface area contributed by atoms with Gasteiger partial charge in [0.15, 0.2) is 0 Å². The SMILES string of the molecule is CCNC(Cc1ccc(C)c(C)c1)C1(OC)CCOCC1. The van der Waals surface area contributed by atoms with Gasteiger partial charge in [-0.1, -0.05) is 25.1 Å². The monoisotopic (exact) mass is 291 g/mol. The Labute approximate surface area is 129 Å². The summed E-state index contributed by atoms with van der Waals surface area (Å²) in [5, 5.41) is 3.65. The van der Waals surface area contributed by atoms with Gasteiger partial charge in [-0.3, -0.25) is 0 Å². The average molecular weight is 291 g/mol. The van der Waals surface area contributed by atoms with Gasteiger partial charge in [-0.25, -0.2) is 0 Å². The van der Waals surface area contributed by atoms with Crippen LogP contribution in [0.5, 0.6) is 0 Å². The fourth-order valence-electron chi connectivity index (χ4n) is 3.27. The van der Waals surface area contributed by atoms with Gasteiger partial charge in [-0.2, -0.15) is 0 Å². The van der Waals surface area contributed by atoms with Crippen LogP contribution in [0.1, 0.15) is 36.5 Å². The summed E-state index contributed by atoms with van der Waals surface area (Å²) in [5.41, 5.74) is 3.99. The lowest BCUT2D eigenvalue weighted by molar-refractivity contribution is -0.110. The molecule has 0 bridgehead atoms. The van der Waals surface area contributed by atoms with Gasteiger partial charge >= 0.3 is 0 Å². The molecular formula is C18H29NO2. The zero-order valence-corrected chi connectivity index (χ0v) is 13.9. The molecule has 1 fully saturated rings. The van der Waals surface area contributed by atoms with E-state index in [1.165, 1.54) is 16.7 Å². The Morgan fingerprint density at radius 3 is 2.52 bits per heavy atom. The molecule has 1 atom stereocenters. The Balaban J connectivity index is 2.18. The molecule has 1 aliphatic heterocycles. The molecule has 0 aliphatic carbocycles. The second-order valence-electron chi connectivity index (χ2n) is 6.11. The minimum absolute atomic E-state index is 0.104. The van der Waals surface area contributed by atoms with Crippen molar-refractivity contribution in [3.8, 4) is 0 Å². The largest absolute Gasteiger partial charge is 0.381 e. The first kappa shape index (κ1) is 16.5. The lowest BCUT2D eigenvalue weighted by Crippen LogP contribution is -2.56. The van der Waals surface area contributed by atoms with Crippen molar-refractivity contribution in [2.75, 3.05) is 26.9 Å². The van der Waals surface area contributed by atoms with Crippen molar-refractivity contribution in [1.82, 2.24) is 5.32 Å². The Morgan fingerprint density at radius 2 is 1.95 bits per heavy atom. The standard InChI is InChI=1S/C18H29NO2/c1-5-19-17(18(20-4)8-10-21-11-9-18)13-16-7-6-14(2)15(3)12-16/h6-7,12,17,19H,5,8-11,13H2,1-4H3. The maximum atomic E-state index is 5.98. The fraction of sp³-hybridized carbons (Fsp3) is 0.667. The average Bonchev–Trinajstić information content (AvgIpc) is 2.51. The van der Waals surface area contributed by atoms with Gasteiger partial charge in [0.05, 0.1) is 5.60 Å². The lowest BCUT2D eigenvalue weighted by atomic mass is 9.82. The quantitative estimate of drug-likeness (QED) is 0.874. The van der Waals surface area contributed by atoms with E-state index in [0.717, 1.165) is 39.0 Å². The summed E-state index contributed by atoms with van der Waals surface area (Å²) in [5.74, 6) is 0. The predicted octanol–water partition coefficient (Wildman–Crippen LogP) is 3.02. The highest BCUT2D eigenvalue weighted by molar-refractivity contribution is 5.30. The topological polar surface area (TPSA) is 30.5 Å². The smallest absolute Gasteiger partial charge is 0.0877 e. The van der Waals surface area contributed by atoms with Crippen LogP contribution >= 0.6 is 0 Å². The second kappa shape index (κ2) is 7.39. The first-order chi connectivity index (χ1) is 10.1. The molecule has 0 aromatic heterocycles. The van der Waals surface area contributed by atoms with Gasteiger partial charge in [-0.15, -0.1) is 0 Å².